The Hall–Kier alpha value is -2.89. The maximum Gasteiger partial charge on any atom is 0.274 e. The van der Waals surface area contributed by atoms with Gasteiger partial charge >= 0.3 is 0 Å². The van der Waals surface area contributed by atoms with Crippen molar-refractivity contribution in [1.82, 2.24) is 20.2 Å². The van der Waals surface area contributed by atoms with Gasteiger partial charge in [0.05, 0.1) is 0 Å². The molecule has 0 spiro atoms. The van der Waals surface area contributed by atoms with Crippen molar-refractivity contribution in [3.05, 3.63) is 54.4 Å². The number of amides is 1. The van der Waals surface area contributed by atoms with Crippen molar-refractivity contribution in [2.45, 2.75) is 0 Å². The van der Waals surface area contributed by atoms with Gasteiger partial charge in [-0.1, -0.05) is 30.3 Å². The number of benzene rings is 1. The second-order valence-electron chi connectivity index (χ2n) is 3.91. The molecule has 0 aliphatic heterocycles. The average molecular weight is 253 g/mol. The number of aromatic nitrogens is 4. The van der Waals surface area contributed by atoms with E-state index in [0.29, 0.717) is 11.5 Å². The molecule has 6 nitrogen and oxygen atoms in total. The Labute approximate surface area is 108 Å². The number of nitrogens with one attached hydrogen (secondary N) is 3. The predicted molar refractivity (Wildman–Crippen MR) is 70.6 cm³/mol. The SMILES string of the molecule is O=C(Nc1n[nH]c(-c2ccccc2)n1)c1ccc[nH]1. The topological polar surface area (TPSA) is 86.5 Å². The second-order valence-corrected chi connectivity index (χ2v) is 3.91. The quantitative estimate of drug-likeness (QED) is 0.667. The molecule has 1 amide bonds. The monoisotopic (exact) mass is 253 g/mol. The Morgan fingerprint density at radius 2 is 1.95 bits per heavy atom. The van der Waals surface area contributed by atoms with Crippen LogP contribution < -0.4 is 5.32 Å². The molecule has 6 heteroatoms. The lowest BCUT2D eigenvalue weighted by Gasteiger charge is -1.97. The summed E-state index contributed by atoms with van der Waals surface area (Å²) in [6, 6.07) is 13.0. The van der Waals surface area contributed by atoms with Gasteiger partial charge in [0, 0.05) is 11.8 Å². The number of carbonyl (C=O) groups excluding carboxylic acids is 1. The number of hydrogen-bond donors (Lipinski definition) is 3. The zero-order valence-electron chi connectivity index (χ0n) is 9.92. The molecule has 3 rings (SSSR count). The van der Waals surface area contributed by atoms with Crippen LogP contribution >= 0.6 is 0 Å². The maximum absolute atomic E-state index is 11.8. The number of aromatic amines is 2. The van der Waals surface area contributed by atoms with Crippen LogP contribution in [0.5, 0.6) is 0 Å². The standard InChI is InChI=1S/C13H11N5O/c19-12(10-7-4-8-14-10)16-13-15-11(17-18-13)9-5-2-1-3-6-9/h1-8,14H,(H2,15,16,17,18,19). The third-order valence-electron chi connectivity index (χ3n) is 2.60. The minimum atomic E-state index is -0.274. The number of rotatable bonds is 3. The molecule has 19 heavy (non-hydrogen) atoms. The fourth-order valence-corrected chi connectivity index (χ4v) is 1.68. The summed E-state index contributed by atoms with van der Waals surface area (Å²) in [6.07, 6.45) is 1.68. The molecule has 94 valence electrons. The van der Waals surface area contributed by atoms with Crippen molar-refractivity contribution in [3.8, 4) is 11.4 Å². The van der Waals surface area contributed by atoms with Crippen LogP contribution in [0.25, 0.3) is 11.4 Å². The third kappa shape index (κ3) is 2.37. The zero-order valence-corrected chi connectivity index (χ0v) is 9.92. The van der Waals surface area contributed by atoms with Crippen LogP contribution in [0.15, 0.2) is 48.7 Å². The molecule has 2 heterocycles. The largest absolute Gasteiger partial charge is 0.357 e. The Kier molecular flexibility index (Phi) is 2.82. The van der Waals surface area contributed by atoms with Gasteiger partial charge in [0.15, 0.2) is 5.82 Å². The van der Waals surface area contributed by atoms with Gasteiger partial charge < -0.3 is 4.98 Å². The van der Waals surface area contributed by atoms with Crippen molar-refractivity contribution >= 4 is 11.9 Å². The van der Waals surface area contributed by atoms with Crippen LogP contribution in [0, 0.1) is 0 Å². The minimum Gasteiger partial charge on any atom is -0.357 e. The molecule has 0 aliphatic rings. The van der Waals surface area contributed by atoms with Crippen LogP contribution in [0.1, 0.15) is 10.5 Å². The van der Waals surface area contributed by atoms with Gasteiger partial charge in [0.25, 0.3) is 5.91 Å². The van der Waals surface area contributed by atoms with E-state index in [4.69, 9.17) is 0 Å². The molecule has 3 N–H and O–H groups in total. The van der Waals surface area contributed by atoms with E-state index >= 15 is 0 Å². The number of carbonyl (C=O) groups is 1. The van der Waals surface area contributed by atoms with E-state index in [-0.39, 0.29) is 11.9 Å². The molecule has 0 fully saturated rings. The first kappa shape index (κ1) is 11.2. The first-order valence-corrected chi connectivity index (χ1v) is 5.75. The van der Waals surface area contributed by atoms with E-state index in [1.807, 2.05) is 30.3 Å². The van der Waals surface area contributed by atoms with Crippen molar-refractivity contribution < 1.29 is 4.79 Å². The second kappa shape index (κ2) is 4.77. The molecule has 3 aromatic rings. The van der Waals surface area contributed by atoms with E-state index in [1.54, 1.807) is 18.3 Å². The summed E-state index contributed by atoms with van der Waals surface area (Å²) in [5.41, 5.74) is 1.38. The van der Waals surface area contributed by atoms with Gasteiger partial charge in [0.2, 0.25) is 5.95 Å². The Balaban J connectivity index is 1.77. The van der Waals surface area contributed by atoms with Gasteiger partial charge in [-0.3, -0.25) is 15.2 Å². The molecule has 1 aromatic carbocycles. The first-order valence-electron chi connectivity index (χ1n) is 5.75. The summed E-state index contributed by atoms with van der Waals surface area (Å²) >= 11 is 0. The van der Waals surface area contributed by atoms with E-state index in [2.05, 4.69) is 25.5 Å². The van der Waals surface area contributed by atoms with E-state index in [0.717, 1.165) is 5.56 Å². The summed E-state index contributed by atoms with van der Waals surface area (Å²) < 4.78 is 0. The van der Waals surface area contributed by atoms with Gasteiger partial charge in [-0.05, 0) is 12.1 Å². The summed E-state index contributed by atoms with van der Waals surface area (Å²) in [7, 11) is 0. The van der Waals surface area contributed by atoms with Crippen molar-refractivity contribution in [2.24, 2.45) is 0 Å². The number of hydrogen-bond acceptors (Lipinski definition) is 3. The van der Waals surface area contributed by atoms with Crippen LogP contribution in [0.3, 0.4) is 0 Å². The highest BCUT2D eigenvalue weighted by molar-refractivity contribution is 6.01. The maximum atomic E-state index is 11.8. The van der Waals surface area contributed by atoms with Crippen molar-refractivity contribution in [2.75, 3.05) is 5.32 Å². The molecule has 2 aromatic heterocycles. The fourth-order valence-electron chi connectivity index (χ4n) is 1.68. The van der Waals surface area contributed by atoms with Crippen LogP contribution in [0.2, 0.25) is 0 Å². The van der Waals surface area contributed by atoms with Gasteiger partial charge in [0.1, 0.15) is 5.69 Å². The third-order valence-corrected chi connectivity index (χ3v) is 2.60. The smallest absolute Gasteiger partial charge is 0.274 e. The van der Waals surface area contributed by atoms with Gasteiger partial charge in [-0.2, -0.15) is 4.98 Å². The molecule has 0 radical (unpaired) electrons. The lowest BCUT2D eigenvalue weighted by atomic mass is 10.2. The van der Waals surface area contributed by atoms with E-state index in [9.17, 15) is 4.79 Å². The number of anilines is 1. The highest BCUT2D eigenvalue weighted by atomic mass is 16.2. The lowest BCUT2D eigenvalue weighted by Crippen LogP contribution is -2.13. The number of nitrogens with zero attached hydrogens (tertiary/aromatic N) is 2. The van der Waals surface area contributed by atoms with Crippen molar-refractivity contribution in [3.63, 3.8) is 0 Å². The zero-order chi connectivity index (χ0) is 13.1. The van der Waals surface area contributed by atoms with Crippen LogP contribution in [-0.4, -0.2) is 26.1 Å². The summed E-state index contributed by atoms with van der Waals surface area (Å²) in [5.74, 6) is 0.587. The molecule has 0 bridgehead atoms. The highest BCUT2D eigenvalue weighted by Crippen LogP contribution is 2.15. The van der Waals surface area contributed by atoms with Gasteiger partial charge in [-0.25, -0.2) is 0 Å². The summed E-state index contributed by atoms with van der Waals surface area (Å²) in [4.78, 5) is 18.8. The predicted octanol–water partition coefficient (Wildman–Crippen LogP) is 2.05. The molecular formula is C13H11N5O. The van der Waals surface area contributed by atoms with E-state index in [1.165, 1.54) is 0 Å². The van der Waals surface area contributed by atoms with Crippen LogP contribution in [0.4, 0.5) is 5.95 Å². The first-order chi connectivity index (χ1) is 9.33. The summed E-state index contributed by atoms with van der Waals surface area (Å²) in [5, 5.41) is 9.36. The molecule has 0 atom stereocenters. The highest BCUT2D eigenvalue weighted by Gasteiger charge is 2.10. The van der Waals surface area contributed by atoms with E-state index < -0.39 is 0 Å². The average Bonchev–Trinajstić information content (AvgIpc) is 3.11. The molecule has 0 unspecified atom stereocenters. The molecule has 0 saturated heterocycles. The molecule has 0 aliphatic carbocycles. The normalized spacial score (nSPS) is 10.3. The Morgan fingerprint density at radius 1 is 1.11 bits per heavy atom. The number of H-pyrrole nitrogens is 2. The van der Waals surface area contributed by atoms with Crippen LogP contribution in [-0.2, 0) is 0 Å². The van der Waals surface area contributed by atoms with Gasteiger partial charge in [-0.15, -0.1) is 5.10 Å². The minimum absolute atomic E-state index is 0.249. The Morgan fingerprint density at radius 3 is 2.68 bits per heavy atom. The van der Waals surface area contributed by atoms with Crippen molar-refractivity contribution in [1.29, 1.82) is 0 Å². The lowest BCUT2D eigenvalue weighted by molar-refractivity contribution is 0.102. The fraction of sp³-hybridized carbons (Fsp3) is 0. The summed E-state index contributed by atoms with van der Waals surface area (Å²) in [6.45, 7) is 0. The Bertz CT molecular complexity index is 672. The molecule has 0 saturated carbocycles. The molecular weight excluding hydrogens is 242 g/mol.